The third-order valence-corrected chi connectivity index (χ3v) is 5.90. The van der Waals surface area contributed by atoms with Gasteiger partial charge in [0, 0.05) is 44.8 Å². The molecule has 2 aromatic rings. The highest BCUT2D eigenvalue weighted by atomic mass is 32.1. The second kappa shape index (κ2) is 10.4. The van der Waals surface area contributed by atoms with Crippen molar-refractivity contribution in [3.63, 3.8) is 0 Å². The van der Waals surface area contributed by atoms with Crippen molar-refractivity contribution in [1.29, 1.82) is 0 Å². The Kier molecular flexibility index (Phi) is 7.62. The molecule has 0 saturated carbocycles. The standard InChI is InChI=1S/C21H28N4O3S/c1-24-8-10-25(11-9-24)18(17-7-12-29-15-17)14-23-21(27)20(26)22-13-16-5-3-4-6-19(16)28-2/h3-7,12,15,18H,8-11,13-14H2,1-2H3,(H,22,26)(H,23,27). The summed E-state index contributed by atoms with van der Waals surface area (Å²) in [6, 6.07) is 9.56. The third-order valence-electron chi connectivity index (χ3n) is 5.20. The zero-order chi connectivity index (χ0) is 20.6. The predicted molar refractivity (Wildman–Crippen MR) is 114 cm³/mol. The van der Waals surface area contributed by atoms with Gasteiger partial charge < -0.3 is 20.3 Å². The van der Waals surface area contributed by atoms with Gasteiger partial charge in [0.25, 0.3) is 0 Å². The van der Waals surface area contributed by atoms with Gasteiger partial charge in [-0.3, -0.25) is 14.5 Å². The van der Waals surface area contributed by atoms with Crippen LogP contribution in [0.1, 0.15) is 17.2 Å². The van der Waals surface area contributed by atoms with Crippen molar-refractivity contribution in [2.75, 3.05) is 46.9 Å². The van der Waals surface area contributed by atoms with Crippen LogP contribution in [0.2, 0.25) is 0 Å². The highest BCUT2D eigenvalue weighted by molar-refractivity contribution is 7.08. The van der Waals surface area contributed by atoms with Crippen molar-refractivity contribution in [3.8, 4) is 5.75 Å². The molecule has 29 heavy (non-hydrogen) atoms. The molecular weight excluding hydrogens is 388 g/mol. The number of ether oxygens (including phenoxy) is 1. The normalized spacial score (nSPS) is 16.2. The molecule has 1 saturated heterocycles. The van der Waals surface area contributed by atoms with Gasteiger partial charge in [0.05, 0.1) is 13.2 Å². The van der Waals surface area contributed by atoms with Crippen LogP contribution in [0.3, 0.4) is 0 Å². The lowest BCUT2D eigenvalue weighted by atomic mass is 10.1. The average Bonchev–Trinajstić information content (AvgIpc) is 3.28. The zero-order valence-corrected chi connectivity index (χ0v) is 17.7. The maximum atomic E-state index is 12.3. The Morgan fingerprint density at radius 1 is 1.10 bits per heavy atom. The third kappa shape index (κ3) is 5.79. The molecule has 1 aliphatic heterocycles. The lowest BCUT2D eigenvalue weighted by molar-refractivity contribution is -0.139. The summed E-state index contributed by atoms with van der Waals surface area (Å²) < 4.78 is 5.27. The first-order valence-electron chi connectivity index (χ1n) is 9.71. The van der Waals surface area contributed by atoms with Gasteiger partial charge >= 0.3 is 11.8 Å². The summed E-state index contributed by atoms with van der Waals surface area (Å²) in [4.78, 5) is 29.3. The highest BCUT2D eigenvalue weighted by Gasteiger charge is 2.25. The van der Waals surface area contributed by atoms with Gasteiger partial charge in [-0.15, -0.1) is 0 Å². The number of para-hydroxylation sites is 1. The van der Waals surface area contributed by atoms with Gasteiger partial charge in [0.15, 0.2) is 0 Å². The topological polar surface area (TPSA) is 73.9 Å². The van der Waals surface area contributed by atoms with Crippen LogP contribution in [0.25, 0.3) is 0 Å². The Balaban J connectivity index is 1.54. The number of carbonyl (C=O) groups excluding carboxylic acids is 2. The molecule has 8 heteroatoms. The van der Waals surface area contributed by atoms with Gasteiger partial charge in [-0.1, -0.05) is 18.2 Å². The molecule has 2 heterocycles. The van der Waals surface area contributed by atoms with Crippen molar-refractivity contribution >= 4 is 23.2 Å². The summed E-state index contributed by atoms with van der Waals surface area (Å²) >= 11 is 1.64. The summed E-state index contributed by atoms with van der Waals surface area (Å²) in [7, 11) is 3.70. The van der Waals surface area contributed by atoms with Gasteiger partial charge in [-0.25, -0.2) is 0 Å². The lowest BCUT2D eigenvalue weighted by Crippen LogP contribution is -2.49. The number of rotatable bonds is 7. The Morgan fingerprint density at radius 3 is 2.52 bits per heavy atom. The maximum absolute atomic E-state index is 12.3. The fourth-order valence-corrected chi connectivity index (χ4v) is 4.14. The van der Waals surface area contributed by atoms with E-state index in [1.807, 2.05) is 29.6 Å². The van der Waals surface area contributed by atoms with Gasteiger partial charge in [-0.2, -0.15) is 11.3 Å². The molecule has 0 spiro atoms. The quantitative estimate of drug-likeness (QED) is 0.669. The number of amides is 2. The highest BCUT2D eigenvalue weighted by Crippen LogP contribution is 2.23. The number of thiophene rings is 1. The van der Waals surface area contributed by atoms with E-state index in [4.69, 9.17) is 4.74 Å². The molecule has 7 nitrogen and oxygen atoms in total. The summed E-state index contributed by atoms with van der Waals surface area (Å²) in [5.74, 6) is -0.576. The van der Waals surface area contributed by atoms with Crippen molar-refractivity contribution in [1.82, 2.24) is 20.4 Å². The lowest BCUT2D eigenvalue weighted by Gasteiger charge is -2.37. The molecule has 0 aliphatic carbocycles. The van der Waals surface area contributed by atoms with Crippen LogP contribution in [-0.2, 0) is 16.1 Å². The van der Waals surface area contributed by atoms with Crippen molar-refractivity contribution in [3.05, 3.63) is 52.2 Å². The summed E-state index contributed by atoms with van der Waals surface area (Å²) in [6.45, 7) is 4.51. The van der Waals surface area contributed by atoms with Crippen LogP contribution in [0.4, 0.5) is 0 Å². The van der Waals surface area contributed by atoms with Crippen LogP contribution >= 0.6 is 11.3 Å². The first-order chi connectivity index (χ1) is 14.1. The van der Waals surface area contributed by atoms with Crippen LogP contribution in [0.5, 0.6) is 5.75 Å². The van der Waals surface area contributed by atoms with E-state index in [0.29, 0.717) is 12.3 Å². The molecule has 156 valence electrons. The molecule has 3 rings (SSSR count). The van der Waals surface area contributed by atoms with Crippen molar-refractivity contribution in [2.24, 2.45) is 0 Å². The van der Waals surface area contributed by atoms with Gasteiger partial charge in [-0.05, 0) is 35.5 Å². The van der Waals surface area contributed by atoms with E-state index in [9.17, 15) is 9.59 Å². The number of methoxy groups -OCH3 is 1. The summed E-state index contributed by atoms with van der Waals surface area (Å²) in [5.41, 5.74) is 2.00. The van der Waals surface area contributed by atoms with E-state index < -0.39 is 11.8 Å². The molecule has 1 unspecified atom stereocenters. The molecule has 2 N–H and O–H groups in total. The first-order valence-corrected chi connectivity index (χ1v) is 10.7. The Hall–Kier alpha value is -2.42. The van der Waals surface area contributed by atoms with Crippen LogP contribution in [0.15, 0.2) is 41.1 Å². The number of nitrogens with one attached hydrogen (secondary N) is 2. The molecular formula is C21H28N4O3S. The number of hydrogen-bond acceptors (Lipinski definition) is 6. The van der Waals surface area contributed by atoms with E-state index in [0.717, 1.165) is 31.7 Å². The molecule has 1 atom stereocenters. The summed E-state index contributed by atoms with van der Waals surface area (Å²) in [6.07, 6.45) is 0. The molecule has 1 aromatic carbocycles. The second-order valence-electron chi connectivity index (χ2n) is 7.12. The number of benzene rings is 1. The van der Waals surface area contributed by atoms with Crippen LogP contribution in [-0.4, -0.2) is 68.5 Å². The van der Waals surface area contributed by atoms with E-state index >= 15 is 0 Å². The average molecular weight is 417 g/mol. The number of piperazine rings is 1. The fourth-order valence-electron chi connectivity index (χ4n) is 3.43. The van der Waals surface area contributed by atoms with E-state index in [2.05, 4.69) is 38.9 Å². The Bertz CT molecular complexity index is 804. The SMILES string of the molecule is COc1ccccc1CNC(=O)C(=O)NCC(c1ccsc1)N1CCN(C)CC1. The maximum Gasteiger partial charge on any atom is 0.309 e. The number of hydrogen-bond donors (Lipinski definition) is 2. The Labute approximate surface area is 175 Å². The zero-order valence-electron chi connectivity index (χ0n) is 16.9. The molecule has 1 fully saturated rings. The minimum absolute atomic E-state index is 0.0703. The van der Waals surface area contributed by atoms with Crippen molar-refractivity contribution < 1.29 is 14.3 Å². The van der Waals surface area contributed by atoms with E-state index in [1.54, 1.807) is 18.4 Å². The summed E-state index contributed by atoms with van der Waals surface area (Å²) in [5, 5.41) is 9.63. The molecule has 1 aliphatic rings. The predicted octanol–water partition coefficient (Wildman–Crippen LogP) is 1.48. The minimum atomic E-state index is -0.640. The minimum Gasteiger partial charge on any atom is -0.496 e. The first kappa shape index (κ1) is 21.3. The molecule has 2 amide bonds. The van der Waals surface area contributed by atoms with E-state index in [-0.39, 0.29) is 12.6 Å². The van der Waals surface area contributed by atoms with Crippen LogP contribution in [0, 0.1) is 0 Å². The molecule has 0 bridgehead atoms. The molecule has 0 radical (unpaired) electrons. The molecule has 1 aromatic heterocycles. The monoisotopic (exact) mass is 416 g/mol. The Morgan fingerprint density at radius 2 is 1.83 bits per heavy atom. The van der Waals surface area contributed by atoms with Gasteiger partial charge in [0.1, 0.15) is 5.75 Å². The largest absolute Gasteiger partial charge is 0.496 e. The van der Waals surface area contributed by atoms with Crippen LogP contribution < -0.4 is 15.4 Å². The number of carbonyl (C=O) groups is 2. The van der Waals surface area contributed by atoms with Gasteiger partial charge in [0.2, 0.25) is 0 Å². The fraction of sp³-hybridized carbons (Fsp3) is 0.429. The van der Waals surface area contributed by atoms with E-state index in [1.165, 1.54) is 5.56 Å². The number of nitrogens with zero attached hydrogens (tertiary/aromatic N) is 2. The second-order valence-corrected chi connectivity index (χ2v) is 7.90. The number of likely N-dealkylation sites (N-methyl/N-ethyl adjacent to an activating group) is 1. The van der Waals surface area contributed by atoms with Crippen molar-refractivity contribution in [2.45, 2.75) is 12.6 Å². The smallest absolute Gasteiger partial charge is 0.309 e.